The third-order valence-electron chi connectivity index (χ3n) is 8.79. The summed E-state index contributed by atoms with van der Waals surface area (Å²) < 4.78 is 7.41. The van der Waals surface area contributed by atoms with Gasteiger partial charge in [-0.3, -0.25) is 14.3 Å². The van der Waals surface area contributed by atoms with E-state index in [0.717, 1.165) is 73.9 Å². The number of hydrogen-bond donors (Lipinski definition) is 2. The molecule has 1 aromatic rings. The molecule has 2 saturated carbocycles. The summed E-state index contributed by atoms with van der Waals surface area (Å²) in [7, 11) is 0. The number of rotatable bonds is 6. The number of carbonyl (C=O) groups excluding carboxylic acids is 2. The molecule has 2 aliphatic heterocycles. The molecule has 3 atom stereocenters. The first-order valence-electron chi connectivity index (χ1n) is 14.7. The van der Waals surface area contributed by atoms with Crippen molar-refractivity contribution in [1.82, 2.24) is 25.1 Å². The second kappa shape index (κ2) is 10.7. The summed E-state index contributed by atoms with van der Waals surface area (Å²) in [5, 5.41) is 6.35. The van der Waals surface area contributed by atoms with Crippen LogP contribution in [0, 0.1) is 23.2 Å². The van der Waals surface area contributed by atoms with Gasteiger partial charge in [0.15, 0.2) is 0 Å². The van der Waals surface area contributed by atoms with Crippen molar-refractivity contribution < 1.29 is 14.3 Å². The SMILES string of the molecule is CC1CC2CC(C)CC(CNC(=O)C3=CCCc4nc(CN5CCC(NC(=O)OC(C)(C)C)C5)cn43)(C1)C2. The van der Waals surface area contributed by atoms with E-state index >= 15 is 0 Å². The minimum Gasteiger partial charge on any atom is -0.444 e. The lowest BCUT2D eigenvalue weighted by atomic mass is 9.57. The number of carbonyl (C=O) groups is 2. The monoisotopic (exact) mass is 525 g/mol. The highest BCUT2D eigenvalue weighted by atomic mass is 16.6. The van der Waals surface area contributed by atoms with Crippen molar-refractivity contribution in [1.29, 1.82) is 0 Å². The Hall–Kier alpha value is -2.35. The van der Waals surface area contributed by atoms with Crippen molar-refractivity contribution in [3.8, 4) is 0 Å². The maximum atomic E-state index is 13.4. The van der Waals surface area contributed by atoms with Gasteiger partial charge in [-0.05, 0) is 88.9 Å². The number of hydrogen-bond acceptors (Lipinski definition) is 5. The van der Waals surface area contributed by atoms with Crippen LogP contribution in [0.25, 0.3) is 5.70 Å². The average Bonchev–Trinajstić information content (AvgIpc) is 3.41. The van der Waals surface area contributed by atoms with Gasteiger partial charge in [0.1, 0.15) is 17.1 Å². The molecule has 3 unspecified atom stereocenters. The van der Waals surface area contributed by atoms with Crippen molar-refractivity contribution in [2.75, 3.05) is 19.6 Å². The van der Waals surface area contributed by atoms with E-state index in [2.05, 4.69) is 35.5 Å². The van der Waals surface area contributed by atoms with E-state index in [0.29, 0.717) is 6.54 Å². The summed E-state index contributed by atoms with van der Waals surface area (Å²) >= 11 is 0. The van der Waals surface area contributed by atoms with Crippen LogP contribution in [-0.2, 0) is 22.5 Å². The summed E-state index contributed by atoms with van der Waals surface area (Å²) in [5.74, 6) is 3.31. The molecule has 5 rings (SSSR count). The van der Waals surface area contributed by atoms with Crippen molar-refractivity contribution >= 4 is 17.7 Å². The molecular formula is C30H47N5O3. The van der Waals surface area contributed by atoms with Gasteiger partial charge < -0.3 is 15.4 Å². The number of imidazole rings is 1. The zero-order valence-electron chi connectivity index (χ0n) is 24.0. The summed E-state index contributed by atoms with van der Waals surface area (Å²) in [6.45, 7) is 13.6. The number of amides is 2. The maximum Gasteiger partial charge on any atom is 0.407 e. The van der Waals surface area contributed by atoms with Gasteiger partial charge >= 0.3 is 6.09 Å². The van der Waals surface area contributed by atoms with E-state index in [1.165, 1.54) is 32.1 Å². The summed E-state index contributed by atoms with van der Waals surface area (Å²) in [5.41, 5.74) is 1.45. The molecule has 2 N–H and O–H groups in total. The van der Waals surface area contributed by atoms with Crippen molar-refractivity contribution in [3.05, 3.63) is 23.8 Å². The van der Waals surface area contributed by atoms with E-state index in [1.54, 1.807) is 0 Å². The molecule has 2 bridgehead atoms. The van der Waals surface area contributed by atoms with Gasteiger partial charge in [0.25, 0.3) is 5.91 Å². The van der Waals surface area contributed by atoms with Gasteiger partial charge in [-0.2, -0.15) is 0 Å². The normalized spacial score (nSPS) is 31.3. The first kappa shape index (κ1) is 27.2. The quantitative estimate of drug-likeness (QED) is 0.560. The minimum atomic E-state index is -0.499. The van der Waals surface area contributed by atoms with Crippen LogP contribution in [0.3, 0.4) is 0 Å². The molecule has 0 spiro atoms. The number of allylic oxidation sites excluding steroid dienone is 1. The predicted molar refractivity (Wildman–Crippen MR) is 148 cm³/mol. The lowest BCUT2D eigenvalue weighted by Crippen LogP contribution is -2.47. The standard InChI is InChI=1S/C30H47N5O3/c1-20-11-22-12-21(2)14-30(13-20,15-22)19-31-27(36)25-7-6-8-26-32-24(18-35(25)26)17-34-10-9-23(16-34)33-28(37)38-29(3,4)5/h7,18,20-23H,6,8-17,19H2,1-5H3,(H,31,36)(H,33,37). The zero-order chi connectivity index (χ0) is 27.1. The fourth-order valence-electron chi connectivity index (χ4n) is 7.85. The van der Waals surface area contributed by atoms with E-state index in [-0.39, 0.29) is 23.5 Å². The van der Waals surface area contributed by atoms with Crippen LogP contribution in [0.2, 0.25) is 0 Å². The largest absolute Gasteiger partial charge is 0.444 e. The van der Waals surface area contributed by atoms with Crippen molar-refractivity contribution in [2.45, 2.75) is 104 Å². The second-order valence-electron chi connectivity index (χ2n) is 13.9. The van der Waals surface area contributed by atoms with Crippen LogP contribution in [0.5, 0.6) is 0 Å². The summed E-state index contributed by atoms with van der Waals surface area (Å²) in [6.07, 6.45) is 12.7. The number of aromatic nitrogens is 2. The molecule has 4 aliphatic rings. The van der Waals surface area contributed by atoms with Gasteiger partial charge in [0.2, 0.25) is 0 Å². The Balaban J connectivity index is 1.17. The molecule has 2 aliphatic carbocycles. The van der Waals surface area contributed by atoms with Gasteiger partial charge in [0.05, 0.1) is 5.69 Å². The van der Waals surface area contributed by atoms with Crippen molar-refractivity contribution in [2.24, 2.45) is 23.2 Å². The third-order valence-corrected chi connectivity index (χ3v) is 8.79. The molecular weight excluding hydrogens is 478 g/mol. The molecule has 1 aromatic heterocycles. The fraction of sp³-hybridized carbons (Fsp3) is 0.767. The molecule has 0 radical (unpaired) electrons. The Morgan fingerprint density at radius 1 is 1.16 bits per heavy atom. The van der Waals surface area contributed by atoms with Gasteiger partial charge in [-0.25, -0.2) is 9.78 Å². The van der Waals surface area contributed by atoms with Crippen molar-refractivity contribution in [3.63, 3.8) is 0 Å². The number of nitrogens with zero attached hydrogens (tertiary/aromatic N) is 3. The summed E-state index contributed by atoms with van der Waals surface area (Å²) in [6, 6.07) is 0.0762. The average molecular weight is 526 g/mol. The summed E-state index contributed by atoms with van der Waals surface area (Å²) in [4.78, 5) is 32.8. The minimum absolute atomic E-state index is 0.0278. The van der Waals surface area contributed by atoms with Crippen LogP contribution < -0.4 is 10.6 Å². The van der Waals surface area contributed by atoms with E-state index < -0.39 is 5.60 Å². The molecule has 3 fully saturated rings. The van der Waals surface area contributed by atoms with Gasteiger partial charge in [0, 0.05) is 44.8 Å². The van der Waals surface area contributed by atoms with Crippen LogP contribution >= 0.6 is 0 Å². The van der Waals surface area contributed by atoms with E-state index in [1.807, 2.05) is 31.5 Å². The lowest BCUT2D eigenvalue weighted by Gasteiger charge is -2.50. The number of aryl methyl sites for hydroxylation is 1. The van der Waals surface area contributed by atoms with Crippen LogP contribution in [0.15, 0.2) is 12.3 Å². The molecule has 1 saturated heterocycles. The topological polar surface area (TPSA) is 88.5 Å². The highest BCUT2D eigenvalue weighted by Gasteiger charge is 2.44. The highest BCUT2D eigenvalue weighted by molar-refractivity contribution is 6.13. The predicted octanol–water partition coefficient (Wildman–Crippen LogP) is 4.74. The van der Waals surface area contributed by atoms with Crippen LogP contribution in [-0.4, -0.2) is 57.7 Å². The van der Waals surface area contributed by atoms with Crippen LogP contribution in [0.1, 0.15) is 91.1 Å². The van der Waals surface area contributed by atoms with Gasteiger partial charge in [-0.15, -0.1) is 0 Å². The molecule has 0 aromatic carbocycles. The molecule has 8 nitrogen and oxygen atoms in total. The Bertz CT molecular complexity index is 1050. The first-order chi connectivity index (χ1) is 18.0. The van der Waals surface area contributed by atoms with Crippen LogP contribution in [0.4, 0.5) is 4.79 Å². The maximum absolute atomic E-state index is 13.4. The smallest absolute Gasteiger partial charge is 0.407 e. The lowest BCUT2D eigenvalue weighted by molar-refractivity contribution is -0.117. The number of alkyl carbamates (subject to hydrolysis) is 1. The molecule has 8 heteroatoms. The Kier molecular flexibility index (Phi) is 7.64. The third kappa shape index (κ3) is 6.44. The fourth-order valence-corrected chi connectivity index (χ4v) is 7.85. The molecule has 210 valence electrons. The Morgan fingerprint density at radius 2 is 1.89 bits per heavy atom. The Labute approximate surface area is 228 Å². The molecule has 3 heterocycles. The van der Waals surface area contributed by atoms with E-state index in [4.69, 9.17) is 9.72 Å². The number of likely N-dealkylation sites (tertiary alicyclic amines) is 1. The Morgan fingerprint density at radius 3 is 2.61 bits per heavy atom. The zero-order valence-corrected chi connectivity index (χ0v) is 24.0. The molecule has 2 amide bonds. The number of nitrogens with one attached hydrogen (secondary N) is 2. The number of ether oxygens (including phenoxy) is 1. The number of fused-ring (bicyclic) bond motifs is 3. The first-order valence-corrected chi connectivity index (χ1v) is 14.7. The highest BCUT2D eigenvalue weighted by Crippen LogP contribution is 2.52. The second-order valence-corrected chi connectivity index (χ2v) is 13.9. The molecule has 38 heavy (non-hydrogen) atoms. The van der Waals surface area contributed by atoms with Gasteiger partial charge in [-0.1, -0.05) is 19.9 Å². The van der Waals surface area contributed by atoms with E-state index in [9.17, 15) is 9.59 Å².